The molecule has 0 bridgehead atoms. The van der Waals surface area contributed by atoms with Crippen molar-refractivity contribution in [2.24, 2.45) is 0 Å². The van der Waals surface area contributed by atoms with Gasteiger partial charge in [-0.3, -0.25) is 13.6 Å². The first-order valence-electron chi connectivity index (χ1n) is 4.44. The second-order valence-corrected chi connectivity index (χ2v) is 4.71. The van der Waals surface area contributed by atoms with Crippen LogP contribution in [0.25, 0.3) is 0 Å². The molecule has 6 heteroatoms. The molecule has 13 heavy (non-hydrogen) atoms. The van der Waals surface area contributed by atoms with E-state index in [1.807, 2.05) is 0 Å². The summed E-state index contributed by atoms with van der Waals surface area (Å²) in [6.45, 7) is 1.77. The number of hydrogen-bond donors (Lipinski definition) is 0. The minimum atomic E-state index is -3.20. The molecular weight excluding hydrogens is 195 g/mol. The number of phosphoric acid groups is 1. The third kappa shape index (κ3) is 2.51. The molecule has 0 spiro atoms. The SMILES string of the molecule is O=P1(OCC2CCCO2)OCCO1. The van der Waals surface area contributed by atoms with Crippen LogP contribution >= 0.6 is 7.82 Å². The fraction of sp³-hybridized carbons (Fsp3) is 1.00. The highest BCUT2D eigenvalue weighted by molar-refractivity contribution is 7.48. The predicted octanol–water partition coefficient (Wildman–Crippen LogP) is 1.34. The molecule has 2 heterocycles. The van der Waals surface area contributed by atoms with Crippen molar-refractivity contribution >= 4 is 7.82 Å². The molecule has 0 amide bonds. The van der Waals surface area contributed by atoms with E-state index >= 15 is 0 Å². The summed E-state index contributed by atoms with van der Waals surface area (Å²) >= 11 is 0. The Balaban J connectivity index is 1.74. The molecule has 76 valence electrons. The normalized spacial score (nSPS) is 32.5. The third-order valence-electron chi connectivity index (χ3n) is 2.02. The molecule has 2 aliphatic heterocycles. The lowest BCUT2D eigenvalue weighted by Crippen LogP contribution is -2.12. The van der Waals surface area contributed by atoms with E-state index in [0.29, 0.717) is 19.8 Å². The van der Waals surface area contributed by atoms with Gasteiger partial charge in [-0.2, -0.15) is 0 Å². The van der Waals surface area contributed by atoms with E-state index in [-0.39, 0.29) is 6.10 Å². The van der Waals surface area contributed by atoms with Crippen LogP contribution in [0.15, 0.2) is 0 Å². The summed E-state index contributed by atoms with van der Waals surface area (Å²) < 4.78 is 31.5. The van der Waals surface area contributed by atoms with Crippen molar-refractivity contribution in [2.75, 3.05) is 26.4 Å². The van der Waals surface area contributed by atoms with Gasteiger partial charge in [-0.1, -0.05) is 0 Å². The van der Waals surface area contributed by atoms with Gasteiger partial charge in [0, 0.05) is 6.61 Å². The van der Waals surface area contributed by atoms with Crippen molar-refractivity contribution < 1.29 is 22.9 Å². The average Bonchev–Trinajstić information content (AvgIpc) is 2.72. The van der Waals surface area contributed by atoms with E-state index in [2.05, 4.69) is 0 Å². The van der Waals surface area contributed by atoms with E-state index in [9.17, 15) is 4.57 Å². The van der Waals surface area contributed by atoms with Crippen molar-refractivity contribution in [3.63, 3.8) is 0 Å². The zero-order valence-corrected chi connectivity index (χ0v) is 8.20. The van der Waals surface area contributed by atoms with Gasteiger partial charge in [0.2, 0.25) is 0 Å². The molecule has 2 saturated heterocycles. The maximum atomic E-state index is 11.4. The quantitative estimate of drug-likeness (QED) is 0.655. The van der Waals surface area contributed by atoms with Gasteiger partial charge in [-0.05, 0) is 12.8 Å². The zero-order chi connectivity index (χ0) is 9.15. The number of phosphoric ester groups is 1. The molecule has 0 aromatic rings. The van der Waals surface area contributed by atoms with Crippen molar-refractivity contribution in [1.82, 2.24) is 0 Å². The Morgan fingerprint density at radius 3 is 2.69 bits per heavy atom. The minimum Gasteiger partial charge on any atom is -0.376 e. The summed E-state index contributed by atoms with van der Waals surface area (Å²) in [7, 11) is -3.20. The summed E-state index contributed by atoms with van der Waals surface area (Å²) in [5.41, 5.74) is 0. The highest BCUT2D eigenvalue weighted by Crippen LogP contribution is 2.52. The Bertz CT molecular complexity index is 203. The van der Waals surface area contributed by atoms with Crippen LogP contribution in [0.1, 0.15) is 12.8 Å². The van der Waals surface area contributed by atoms with Crippen LogP contribution in [-0.2, 0) is 22.9 Å². The Labute approximate surface area is 76.9 Å². The molecule has 0 radical (unpaired) electrons. The molecule has 1 unspecified atom stereocenters. The van der Waals surface area contributed by atoms with Gasteiger partial charge in [0.25, 0.3) is 0 Å². The minimum absolute atomic E-state index is 0.0543. The lowest BCUT2D eigenvalue weighted by atomic mass is 10.2. The van der Waals surface area contributed by atoms with Crippen LogP contribution in [0, 0.1) is 0 Å². The van der Waals surface area contributed by atoms with Gasteiger partial charge in [-0.15, -0.1) is 0 Å². The molecule has 0 saturated carbocycles. The van der Waals surface area contributed by atoms with E-state index < -0.39 is 7.82 Å². The average molecular weight is 208 g/mol. The molecule has 1 atom stereocenters. The molecule has 0 aliphatic carbocycles. The number of rotatable bonds is 3. The predicted molar refractivity (Wildman–Crippen MR) is 44.4 cm³/mol. The molecule has 0 aromatic carbocycles. The fourth-order valence-corrected chi connectivity index (χ4v) is 2.53. The van der Waals surface area contributed by atoms with Gasteiger partial charge in [0.15, 0.2) is 0 Å². The van der Waals surface area contributed by atoms with Gasteiger partial charge < -0.3 is 4.74 Å². The molecule has 0 aromatic heterocycles. The molecule has 2 rings (SSSR count). The van der Waals surface area contributed by atoms with Crippen LogP contribution < -0.4 is 0 Å². The second-order valence-electron chi connectivity index (χ2n) is 3.04. The number of ether oxygens (including phenoxy) is 1. The Hall–Kier alpha value is 0.0700. The summed E-state index contributed by atoms with van der Waals surface area (Å²) in [5, 5.41) is 0. The lowest BCUT2D eigenvalue weighted by Gasteiger charge is -2.12. The van der Waals surface area contributed by atoms with E-state index in [0.717, 1.165) is 19.4 Å². The van der Waals surface area contributed by atoms with Crippen molar-refractivity contribution in [3.8, 4) is 0 Å². The van der Waals surface area contributed by atoms with Gasteiger partial charge in [0.05, 0.1) is 25.9 Å². The molecule has 5 nitrogen and oxygen atoms in total. The van der Waals surface area contributed by atoms with Gasteiger partial charge in [0.1, 0.15) is 0 Å². The topological polar surface area (TPSA) is 54.0 Å². The van der Waals surface area contributed by atoms with Gasteiger partial charge >= 0.3 is 7.82 Å². The monoisotopic (exact) mass is 208 g/mol. The van der Waals surface area contributed by atoms with Gasteiger partial charge in [-0.25, -0.2) is 4.57 Å². The first kappa shape index (κ1) is 9.62. The van der Waals surface area contributed by atoms with Crippen LogP contribution in [-0.4, -0.2) is 32.5 Å². The maximum absolute atomic E-state index is 11.4. The fourth-order valence-electron chi connectivity index (χ4n) is 1.36. The summed E-state index contributed by atoms with van der Waals surface area (Å²) in [6.07, 6.45) is 2.05. The third-order valence-corrected chi connectivity index (χ3v) is 3.49. The largest absolute Gasteiger partial charge is 0.475 e. The molecular formula is C7H13O5P. The second kappa shape index (κ2) is 4.07. The van der Waals surface area contributed by atoms with E-state index in [1.165, 1.54) is 0 Å². The van der Waals surface area contributed by atoms with Crippen LogP contribution in [0.2, 0.25) is 0 Å². The van der Waals surface area contributed by atoms with E-state index in [4.69, 9.17) is 18.3 Å². The van der Waals surface area contributed by atoms with E-state index in [1.54, 1.807) is 0 Å². The molecule has 2 aliphatic rings. The first-order chi connectivity index (χ1) is 6.29. The highest BCUT2D eigenvalue weighted by atomic mass is 31.2. The van der Waals surface area contributed by atoms with Crippen LogP contribution in [0.3, 0.4) is 0 Å². The Morgan fingerprint density at radius 1 is 1.31 bits per heavy atom. The summed E-state index contributed by atoms with van der Waals surface area (Å²) in [5.74, 6) is 0. The molecule has 0 N–H and O–H groups in total. The molecule has 2 fully saturated rings. The summed E-state index contributed by atoms with van der Waals surface area (Å²) in [4.78, 5) is 0. The Morgan fingerprint density at radius 2 is 2.08 bits per heavy atom. The highest BCUT2D eigenvalue weighted by Gasteiger charge is 2.33. The van der Waals surface area contributed by atoms with Crippen LogP contribution in [0.5, 0.6) is 0 Å². The van der Waals surface area contributed by atoms with Crippen molar-refractivity contribution in [1.29, 1.82) is 0 Å². The summed E-state index contributed by atoms with van der Waals surface area (Å²) in [6, 6.07) is 0. The number of hydrogen-bond acceptors (Lipinski definition) is 5. The van der Waals surface area contributed by atoms with Crippen molar-refractivity contribution in [2.45, 2.75) is 18.9 Å². The smallest absolute Gasteiger partial charge is 0.376 e. The standard InChI is InChI=1S/C7H13O5P/c8-13(10-4-5-11-13)12-6-7-2-1-3-9-7/h7H,1-6H2. The zero-order valence-electron chi connectivity index (χ0n) is 7.31. The van der Waals surface area contributed by atoms with Crippen molar-refractivity contribution in [3.05, 3.63) is 0 Å². The Kier molecular flexibility index (Phi) is 3.01. The lowest BCUT2D eigenvalue weighted by molar-refractivity contribution is 0.0543. The first-order valence-corrected chi connectivity index (χ1v) is 5.90. The van der Waals surface area contributed by atoms with Crippen LogP contribution in [0.4, 0.5) is 0 Å². The maximum Gasteiger partial charge on any atom is 0.475 e.